The topological polar surface area (TPSA) is 25.2 Å². The van der Waals surface area contributed by atoms with Gasteiger partial charge in [-0.05, 0) is 37.7 Å². The largest absolute Gasteiger partial charge is 0.459 e. The minimum atomic E-state index is -4.31. The molecule has 20 heavy (non-hydrogen) atoms. The van der Waals surface area contributed by atoms with Crippen molar-refractivity contribution in [1.82, 2.24) is 5.32 Å². The van der Waals surface area contributed by atoms with E-state index in [1.54, 1.807) is 6.07 Å². The number of hydrogen-bond donors (Lipinski definition) is 1. The Morgan fingerprint density at radius 3 is 2.25 bits per heavy atom. The third-order valence-electron chi connectivity index (χ3n) is 3.22. The van der Waals surface area contributed by atoms with Crippen molar-refractivity contribution in [3.05, 3.63) is 47.7 Å². The summed E-state index contributed by atoms with van der Waals surface area (Å²) >= 11 is 0. The Labute approximate surface area is 115 Å². The molecule has 0 fully saturated rings. The molecule has 1 aromatic carbocycles. The zero-order valence-corrected chi connectivity index (χ0v) is 11.3. The second-order valence-electron chi connectivity index (χ2n) is 4.53. The Morgan fingerprint density at radius 1 is 1.10 bits per heavy atom. The van der Waals surface area contributed by atoms with Gasteiger partial charge in [0.1, 0.15) is 11.5 Å². The van der Waals surface area contributed by atoms with E-state index in [1.165, 1.54) is 12.1 Å². The maximum atomic E-state index is 12.5. The number of alkyl halides is 3. The van der Waals surface area contributed by atoms with Gasteiger partial charge in [-0.15, -0.1) is 0 Å². The zero-order chi connectivity index (χ0) is 14.8. The number of furan rings is 1. The summed E-state index contributed by atoms with van der Waals surface area (Å²) in [5, 5.41) is 3.12. The SMILES string of the molecule is CCC(NC)c1ccc(-c2ccc(C(F)(F)F)cc2)o1. The van der Waals surface area contributed by atoms with Crippen molar-refractivity contribution >= 4 is 0 Å². The van der Waals surface area contributed by atoms with Gasteiger partial charge in [0.2, 0.25) is 0 Å². The molecular weight excluding hydrogens is 267 g/mol. The molecule has 0 aliphatic heterocycles. The van der Waals surface area contributed by atoms with Gasteiger partial charge < -0.3 is 9.73 Å². The average molecular weight is 283 g/mol. The van der Waals surface area contributed by atoms with Crippen LogP contribution in [-0.2, 0) is 6.18 Å². The summed E-state index contributed by atoms with van der Waals surface area (Å²) in [5.74, 6) is 1.35. The minimum Gasteiger partial charge on any atom is -0.459 e. The zero-order valence-electron chi connectivity index (χ0n) is 11.3. The molecule has 2 aromatic rings. The first-order valence-electron chi connectivity index (χ1n) is 6.40. The maximum Gasteiger partial charge on any atom is 0.416 e. The van der Waals surface area contributed by atoms with Crippen LogP contribution in [-0.4, -0.2) is 7.05 Å². The van der Waals surface area contributed by atoms with Gasteiger partial charge in [-0.3, -0.25) is 0 Å². The lowest BCUT2D eigenvalue weighted by Crippen LogP contribution is -2.14. The fourth-order valence-corrected chi connectivity index (χ4v) is 2.07. The lowest BCUT2D eigenvalue weighted by molar-refractivity contribution is -0.137. The standard InChI is InChI=1S/C15H16F3NO/c1-3-12(19-2)14-9-8-13(20-14)10-4-6-11(7-5-10)15(16,17)18/h4-9,12,19H,3H2,1-2H3. The maximum absolute atomic E-state index is 12.5. The Hall–Kier alpha value is -1.75. The Bertz CT molecular complexity index is 553. The molecule has 0 aliphatic rings. The minimum absolute atomic E-state index is 0.109. The predicted octanol–water partition coefficient (Wildman–Crippen LogP) is 4.64. The summed E-state index contributed by atoms with van der Waals surface area (Å²) in [6.07, 6.45) is -3.44. The molecule has 108 valence electrons. The monoisotopic (exact) mass is 283 g/mol. The van der Waals surface area contributed by atoms with E-state index in [1.807, 2.05) is 20.0 Å². The van der Waals surface area contributed by atoms with Crippen LogP contribution in [0, 0.1) is 0 Å². The second kappa shape index (κ2) is 5.71. The van der Waals surface area contributed by atoms with Gasteiger partial charge in [-0.1, -0.05) is 19.1 Å². The average Bonchev–Trinajstić information content (AvgIpc) is 2.89. The van der Waals surface area contributed by atoms with Crippen molar-refractivity contribution in [1.29, 1.82) is 0 Å². The molecule has 5 heteroatoms. The van der Waals surface area contributed by atoms with E-state index in [0.29, 0.717) is 11.3 Å². The Balaban J connectivity index is 2.24. The van der Waals surface area contributed by atoms with E-state index in [4.69, 9.17) is 4.42 Å². The summed E-state index contributed by atoms with van der Waals surface area (Å²) in [6.45, 7) is 2.03. The summed E-state index contributed by atoms with van der Waals surface area (Å²) in [4.78, 5) is 0. The Kier molecular flexibility index (Phi) is 4.18. The van der Waals surface area contributed by atoms with Gasteiger partial charge in [0, 0.05) is 5.56 Å². The first-order valence-corrected chi connectivity index (χ1v) is 6.40. The molecule has 1 N–H and O–H groups in total. The number of halogens is 3. The molecule has 2 nitrogen and oxygen atoms in total. The van der Waals surface area contributed by atoms with Crippen LogP contribution >= 0.6 is 0 Å². The molecule has 1 atom stereocenters. The highest BCUT2D eigenvalue weighted by Gasteiger charge is 2.30. The number of rotatable bonds is 4. The van der Waals surface area contributed by atoms with Crippen molar-refractivity contribution in [3.8, 4) is 11.3 Å². The predicted molar refractivity (Wildman–Crippen MR) is 71.2 cm³/mol. The highest BCUT2D eigenvalue weighted by atomic mass is 19.4. The summed E-state index contributed by atoms with van der Waals surface area (Å²) in [6, 6.07) is 8.70. The van der Waals surface area contributed by atoms with Gasteiger partial charge >= 0.3 is 6.18 Å². The van der Waals surface area contributed by atoms with Gasteiger partial charge in [0.25, 0.3) is 0 Å². The van der Waals surface area contributed by atoms with Crippen LogP contribution in [0.4, 0.5) is 13.2 Å². The number of benzene rings is 1. The second-order valence-corrected chi connectivity index (χ2v) is 4.53. The van der Waals surface area contributed by atoms with Crippen LogP contribution in [0.3, 0.4) is 0 Å². The molecular formula is C15H16F3NO. The van der Waals surface area contributed by atoms with Crippen LogP contribution in [0.15, 0.2) is 40.8 Å². The third kappa shape index (κ3) is 3.04. The van der Waals surface area contributed by atoms with Crippen LogP contribution < -0.4 is 5.32 Å². The molecule has 1 heterocycles. The van der Waals surface area contributed by atoms with Gasteiger partial charge in [-0.2, -0.15) is 13.2 Å². The van der Waals surface area contributed by atoms with Gasteiger partial charge in [0.15, 0.2) is 0 Å². The third-order valence-corrected chi connectivity index (χ3v) is 3.22. The summed E-state index contributed by atoms with van der Waals surface area (Å²) in [5.41, 5.74) is -0.0232. The number of hydrogen-bond acceptors (Lipinski definition) is 2. The van der Waals surface area contributed by atoms with Crippen molar-refractivity contribution in [2.75, 3.05) is 7.05 Å². The molecule has 0 radical (unpaired) electrons. The normalized spacial score (nSPS) is 13.4. The van der Waals surface area contributed by atoms with Crippen molar-refractivity contribution in [2.24, 2.45) is 0 Å². The quantitative estimate of drug-likeness (QED) is 0.884. The molecule has 0 amide bonds. The highest BCUT2D eigenvalue weighted by Crippen LogP contribution is 2.32. The van der Waals surface area contributed by atoms with Crippen molar-refractivity contribution in [2.45, 2.75) is 25.6 Å². The fraction of sp³-hybridized carbons (Fsp3) is 0.333. The van der Waals surface area contributed by atoms with E-state index in [0.717, 1.165) is 24.3 Å². The Morgan fingerprint density at radius 2 is 1.75 bits per heavy atom. The van der Waals surface area contributed by atoms with E-state index < -0.39 is 11.7 Å². The number of nitrogens with one attached hydrogen (secondary N) is 1. The fourth-order valence-electron chi connectivity index (χ4n) is 2.07. The first-order chi connectivity index (χ1) is 9.45. The summed E-state index contributed by atoms with van der Waals surface area (Å²) < 4.78 is 43.2. The van der Waals surface area contributed by atoms with E-state index in [2.05, 4.69) is 5.32 Å². The van der Waals surface area contributed by atoms with Gasteiger partial charge in [-0.25, -0.2) is 0 Å². The van der Waals surface area contributed by atoms with Crippen LogP contribution in [0.1, 0.15) is 30.7 Å². The lowest BCUT2D eigenvalue weighted by atomic mass is 10.1. The molecule has 2 rings (SSSR count). The van der Waals surface area contributed by atoms with E-state index in [-0.39, 0.29) is 6.04 Å². The molecule has 0 spiro atoms. The lowest BCUT2D eigenvalue weighted by Gasteiger charge is -2.10. The van der Waals surface area contributed by atoms with Gasteiger partial charge in [0.05, 0.1) is 11.6 Å². The molecule has 0 saturated carbocycles. The molecule has 0 saturated heterocycles. The van der Waals surface area contributed by atoms with Crippen molar-refractivity contribution < 1.29 is 17.6 Å². The highest BCUT2D eigenvalue weighted by molar-refractivity contribution is 5.58. The van der Waals surface area contributed by atoms with Crippen LogP contribution in [0.25, 0.3) is 11.3 Å². The van der Waals surface area contributed by atoms with Crippen LogP contribution in [0.2, 0.25) is 0 Å². The smallest absolute Gasteiger partial charge is 0.416 e. The summed E-state index contributed by atoms with van der Waals surface area (Å²) in [7, 11) is 1.84. The van der Waals surface area contributed by atoms with Crippen molar-refractivity contribution in [3.63, 3.8) is 0 Å². The molecule has 0 bridgehead atoms. The van der Waals surface area contributed by atoms with Crippen LogP contribution in [0.5, 0.6) is 0 Å². The molecule has 1 unspecified atom stereocenters. The molecule has 0 aliphatic carbocycles. The van der Waals surface area contributed by atoms with E-state index >= 15 is 0 Å². The molecule has 1 aromatic heterocycles. The van der Waals surface area contributed by atoms with E-state index in [9.17, 15) is 13.2 Å². The first kappa shape index (κ1) is 14.7.